The molecule has 0 radical (unpaired) electrons. The summed E-state index contributed by atoms with van der Waals surface area (Å²) < 4.78 is 0. The van der Waals surface area contributed by atoms with Crippen LogP contribution in [0.4, 0.5) is 0 Å². The van der Waals surface area contributed by atoms with Crippen molar-refractivity contribution in [3.63, 3.8) is 0 Å². The number of aliphatic hydroxyl groups is 2. The molecule has 4 rings (SSSR count). The van der Waals surface area contributed by atoms with Crippen LogP contribution in [0.5, 0.6) is 0 Å². The van der Waals surface area contributed by atoms with E-state index in [1.165, 1.54) is 12.8 Å². The molecule has 0 aromatic carbocycles. The van der Waals surface area contributed by atoms with Crippen molar-refractivity contribution < 1.29 is 15.0 Å². The van der Waals surface area contributed by atoms with E-state index >= 15 is 0 Å². The highest BCUT2D eigenvalue weighted by Gasteiger charge is 2.72. The number of fused-ring (bicyclic) bond motifs is 5. The normalized spacial score (nSPS) is 50.2. The quantitative estimate of drug-likeness (QED) is 0.355. The van der Waals surface area contributed by atoms with Gasteiger partial charge < -0.3 is 10.2 Å². The van der Waals surface area contributed by atoms with Gasteiger partial charge in [0.25, 0.3) is 0 Å². The van der Waals surface area contributed by atoms with Crippen LogP contribution < -0.4 is 0 Å². The summed E-state index contributed by atoms with van der Waals surface area (Å²) in [5, 5.41) is 23.4. The van der Waals surface area contributed by atoms with Gasteiger partial charge in [-0.15, -0.1) is 0 Å². The molecule has 0 aliphatic heterocycles. The number of aldehydes is 1. The fourth-order valence-corrected chi connectivity index (χ4v) is 10.2. The van der Waals surface area contributed by atoms with Crippen molar-refractivity contribution in [3.8, 4) is 0 Å². The molecule has 2 N–H and O–H groups in total. The van der Waals surface area contributed by atoms with Gasteiger partial charge in [0.15, 0.2) is 0 Å². The maximum atomic E-state index is 12.6. The average Bonchev–Trinajstić information content (AvgIpc) is 3.03. The van der Waals surface area contributed by atoms with Gasteiger partial charge in [-0.3, -0.25) is 4.79 Å². The third-order valence-corrected chi connectivity index (χ3v) is 12.6. The highest BCUT2D eigenvalue weighted by molar-refractivity contribution is 5.71. The Morgan fingerprint density at radius 3 is 2.21 bits per heavy atom. The van der Waals surface area contributed by atoms with Crippen LogP contribution in [0.1, 0.15) is 113 Å². The van der Waals surface area contributed by atoms with Crippen molar-refractivity contribution >= 4 is 6.29 Å². The Morgan fingerprint density at radius 1 is 0.909 bits per heavy atom. The third kappa shape index (κ3) is 3.38. The molecule has 4 aliphatic rings. The van der Waals surface area contributed by atoms with Gasteiger partial charge in [0.05, 0.1) is 11.7 Å². The summed E-state index contributed by atoms with van der Waals surface area (Å²) >= 11 is 0. The highest BCUT2D eigenvalue weighted by atomic mass is 16.3. The van der Waals surface area contributed by atoms with Crippen molar-refractivity contribution in [1.29, 1.82) is 0 Å². The van der Waals surface area contributed by atoms with E-state index in [1.807, 2.05) is 6.92 Å². The molecule has 3 nitrogen and oxygen atoms in total. The first-order chi connectivity index (χ1) is 15.3. The van der Waals surface area contributed by atoms with Crippen molar-refractivity contribution in [2.45, 2.75) is 124 Å². The summed E-state index contributed by atoms with van der Waals surface area (Å²) in [6.45, 7) is 16.3. The zero-order chi connectivity index (χ0) is 24.4. The summed E-state index contributed by atoms with van der Waals surface area (Å²) in [4.78, 5) is 11.0. The van der Waals surface area contributed by atoms with Gasteiger partial charge in [-0.1, -0.05) is 47.6 Å². The molecule has 0 aromatic rings. The van der Waals surface area contributed by atoms with Crippen LogP contribution in [0.3, 0.4) is 0 Å². The molecule has 0 spiro atoms. The minimum Gasteiger partial charge on any atom is -0.393 e. The highest BCUT2D eigenvalue weighted by Crippen LogP contribution is 2.75. The Hall–Kier alpha value is -0.670. The maximum absolute atomic E-state index is 12.6. The Kier molecular flexibility index (Phi) is 6.31. The lowest BCUT2D eigenvalue weighted by Gasteiger charge is -2.71. The Labute approximate surface area is 202 Å². The van der Waals surface area contributed by atoms with Gasteiger partial charge in [0, 0.05) is 5.41 Å². The number of rotatable bonds is 5. The van der Waals surface area contributed by atoms with Crippen LogP contribution in [0, 0.1) is 45.3 Å². The van der Waals surface area contributed by atoms with Crippen LogP contribution in [0.2, 0.25) is 0 Å². The molecule has 9 atom stereocenters. The average molecular weight is 459 g/mol. The second-order valence-corrected chi connectivity index (χ2v) is 14.0. The van der Waals surface area contributed by atoms with Crippen molar-refractivity contribution in [2.75, 3.05) is 0 Å². The minimum absolute atomic E-state index is 0.107. The summed E-state index contributed by atoms with van der Waals surface area (Å²) in [5.41, 5.74) is 0.419. The predicted octanol–water partition coefficient (Wildman–Crippen LogP) is 6.71. The van der Waals surface area contributed by atoms with Crippen molar-refractivity contribution in [1.82, 2.24) is 0 Å². The predicted molar refractivity (Wildman–Crippen MR) is 135 cm³/mol. The Morgan fingerprint density at radius 2 is 1.55 bits per heavy atom. The van der Waals surface area contributed by atoms with Gasteiger partial charge in [0.2, 0.25) is 0 Å². The zero-order valence-electron chi connectivity index (χ0n) is 22.4. The number of carbonyl (C=O) groups is 1. The van der Waals surface area contributed by atoms with E-state index in [1.54, 1.807) is 0 Å². The molecule has 4 saturated carbocycles. The van der Waals surface area contributed by atoms with Gasteiger partial charge in [0.1, 0.15) is 6.29 Å². The van der Waals surface area contributed by atoms with Crippen LogP contribution in [-0.4, -0.2) is 28.2 Å². The standard InChI is InChI=1S/C30H50O3/c1-20(19-31)9-8-10-21(2)22-13-15-28(6)24-12-11-23-26(3,4)25(32)14-16-29(23,7)30(24,33)18-17-27(22,28)5/h9,19,21-25,32-33H,8,10-18H2,1-7H3/b20-9+/t21-,22-,23-,24+,25+,27-,28+,29+,30-/m1/s1. The molecule has 0 heterocycles. The molecule has 0 amide bonds. The van der Waals surface area contributed by atoms with E-state index in [0.29, 0.717) is 23.7 Å². The molecular weight excluding hydrogens is 408 g/mol. The Bertz CT molecular complexity index is 800. The van der Waals surface area contributed by atoms with Crippen LogP contribution >= 0.6 is 0 Å². The van der Waals surface area contributed by atoms with Gasteiger partial charge in [-0.25, -0.2) is 0 Å². The van der Waals surface area contributed by atoms with Crippen LogP contribution in [0.15, 0.2) is 11.6 Å². The van der Waals surface area contributed by atoms with Gasteiger partial charge in [-0.2, -0.15) is 0 Å². The van der Waals surface area contributed by atoms with Gasteiger partial charge >= 0.3 is 0 Å². The monoisotopic (exact) mass is 458 g/mol. The number of carbonyl (C=O) groups excluding carboxylic acids is 1. The van der Waals surface area contributed by atoms with E-state index in [4.69, 9.17) is 0 Å². The molecule has 3 heteroatoms. The summed E-state index contributed by atoms with van der Waals surface area (Å²) in [7, 11) is 0. The molecule has 33 heavy (non-hydrogen) atoms. The molecule has 0 aromatic heterocycles. The largest absolute Gasteiger partial charge is 0.393 e. The molecule has 188 valence electrons. The Balaban J connectivity index is 1.61. The summed E-state index contributed by atoms with van der Waals surface area (Å²) in [6, 6.07) is 0. The first kappa shape index (κ1) is 25.4. The first-order valence-electron chi connectivity index (χ1n) is 13.8. The lowest BCUT2D eigenvalue weighted by Crippen LogP contribution is -2.70. The number of aliphatic hydroxyl groups excluding tert-OH is 1. The fourth-order valence-electron chi connectivity index (χ4n) is 10.2. The lowest BCUT2D eigenvalue weighted by atomic mass is 9.36. The maximum Gasteiger partial charge on any atom is 0.145 e. The summed E-state index contributed by atoms with van der Waals surface area (Å²) in [6.07, 6.45) is 13.4. The molecule has 4 fully saturated rings. The second-order valence-electron chi connectivity index (χ2n) is 14.0. The third-order valence-electron chi connectivity index (χ3n) is 12.6. The van der Waals surface area contributed by atoms with E-state index in [-0.39, 0.29) is 27.8 Å². The van der Waals surface area contributed by atoms with Crippen LogP contribution in [-0.2, 0) is 4.79 Å². The first-order valence-corrected chi connectivity index (χ1v) is 13.8. The zero-order valence-corrected chi connectivity index (χ0v) is 22.4. The topological polar surface area (TPSA) is 57.5 Å². The van der Waals surface area contributed by atoms with Crippen molar-refractivity contribution in [3.05, 3.63) is 11.6 Å². The number of hydrogen-bond donors (Lipinski definition) is 2. The molecule has 0 bridgehead atoms. The minimum atomic E-state index is -0.622. The molecule has 0 saturated heterocycles. The van der Waals surface area contributed by atoms with Gasteiger partial charge in [-0.05, 0) is 117 Å². The van der Waals surface area contributed by atoms with E-state index in [9.17, 15) is 15.0 Å². The van der Waals surface area contributed by atoms with E-state index in [2.05, 4.69) is 47.6 Å². The molecule has 4 aliphatic carbocycles. The fraction of sp³-hybridized carbons (Fsp3) is 0.900. The number of hydrogen-bond acceptors (Lipinski definition) is 3. The van der Waals surface area contributed by atoms with E-state index < -0.39 is 5.60 Å². The van der Waals surface area contributed by atoms with E-state index in [0.717, 1.165) is 63.2 Å². The lowest BCUT2D eigenvalue weighted by molar-refractivity contribution is -0.284. The SMILES string of the molecule is C/C(C=O)=C\CC[C@@H](C)[C@H]1CC[C@@]2(C)[C@@H]3CC[C@@H]4C(C)(C)[C@@H](O)CC[C@]4(C)[C@@]3(O)CC[C@]12C. The molecular formula is C30H50O3. The van der Waals surface area contributed by atoms with Crippen molar-refractivity contribution in [2.24, 2.45) is 45.3 Å². The summed E-state index contributed by atoms with van der Waals surface area (Å²) in [5.74, 6) is 2.05. The molecule has 0 unspecified atom stereocenters. The van der Waals surface area contributed by atoms with Crippen LogP contribution in [0.25, 0.3) is 0 Å². The second kappa shape index (κ2) is 8.19. The smallest absolute Gasteiger partial charge is 0.145 e. The number of allylic oxidation sites excluding steroid dienone is 2.